The lowest BCUT2D eigenvalue weighted by Gasteiger charge is -2.37. The van der Waals surface area contributed by atoms with Gasteiger partial charge in [0.1, 0.15) is 5.75 Å². The molecule has 156 valence electrons. The molecule has 5 nitrogen and oxygen atoms in total. The van der Waals surface area contributed by atoms with E-state index in [1.165, 1.54) is 0 Å². The lowest BCUT2D eigenvalue weighted by atomic mass is 9.78. The summed E-state index contributed by atoms with van der Waals surface area (Å²) < 4.78 is 30.7. The third kappa shape index (κ3) is 4.05. The molecule has 0 unspecified atom stereocenters. The van der Waals surface area contributed by atoms with Crippen LogP contribution in [-0.2, 0) is 18.8 Å². The molecule has 0 aromatic heterocycles. The van der Waals surface area contributed by atoms with Gasteiger partial charge in [0, 0.05) is 5.56 Å². The second-order valence-corrected chi connectivity index (χ2v) is 15.0. The van der Waals surface area contributed by atoms with Crippen LogP contribution in [0.5, 0.6) is 5.75 Å². The largest absolute Gasteiger partial charge is 0.543 e. The van der Waals surface area contributed by atoms with Gasteiger partial charge in [0.05, 0.1) is 24.4 Å². The van der Waals surface area contributed by atoms with Crippen molar-refractivity contribution in [2.45, 2.75) is 84.1 Å². The number of ether oxygens (including phenoxy) is 2. The highest BCUT2D eigenvalue weighted by molar-refractivity contribution is 6.74. The van der Waals surface area contributed by atoms with Gasteiger partial charge in [-0.2, -0.15) is 0 Å². The fourth-order valence-electron chi connectivity index (χ4n) is 2.94. The molecule has 3 rings (SSSR count). The molecule has 1 aromatic carbocycles. The smallest absolute Gasteiger partial charge is 0.494 e. The van der Waals surface area contributed by atoms with E-state index in [1.807, 2.05) is 12.1 Å². The Morgan fingerprint density at radius 1 is 1.00 bits per heavy atom. The van der Waals surface area contributed by atoms with Gasteiger partial charge < -0.3 is 23.2 Å². The predicted octanol–water partition coefficient (Wildman–Crippen LogP) is 4.42. The Kier molecular flexibility index (Phi) is 5.56. The van der Waals surface area contributed by atoms with Crippen molar-refractivity contribution >= 4 is 20.9 Å². The third-order valence-electron chi connectivity index (χ3n) is 6.61. The van der Waals surface area contributed by atoms with Crippen LogP contribution in [0.25, 0.3) is 0 Å². The van der Waals surface area contributed by atoms with E-state index in [4.69, 9.17) is 23.2 Å². The molecule has 2 fully saturated rings. The molecular weight excluding hydrogens is 371 g/mol. The summed E-state index contributed by atoms with van der Waals surface area (Å²) in [6.45, 7) is 20.6. The summed E-state index contributed by atoms with van der Waals surface area (Å²) in [6, 6.07) is 6.10. The maximum Gasteiger partial charge on any atom is 0.494 e. The van der Waals surface area contributed by atoms with Crippen LogP contribution in [0.15, 0.2) is 18.2 Å². The van der Waals surface area contributed by atoms with E-state index in [9.17, 15) is 0 Å². The predicted molar refractivity (Wildman–Crippen MR) is 115 cm³/mol. The molecule has 7 heteroatoms. The Bertz CT molecular complexity index is 704. The van der Waals surface area contributed by atoms with E-state index in [0.29, 0.717) is 13.2 Å². The van der Waals surface area contributed by atoms with E-state index in [0.717, 1.165) is 16.8 Å². The van der Waals surface area contributed by atoms with Crippen molar-refractivity contribution in [3.8, 4) is 5.75 Å². The van der Waals surface area contributed by atoms with Gasteiger partial charge in [0.2, 0.25) is 8.32 Å². The molecule has 2 aliphatic rings. The monoisotopic (exact) mass is 406 g/mol. The van der Waals surface area contributed by atoms with Crippen molar-refractivity contribution < 1.29 is 23.2 Å². The van der Waals surface area contributed by atoms with Crippen molar-refractivity contribution in [1.82, 2.24) is 0 Å². The number of hydrogen-bond donors (Lipinski definition) is 0. The fourth-order valence-corrected chi connectivity index (χ4v) is 3.98. The van der Waals surface area contributed by atoms with Crippen LogP contribution in [0.3, 0.4) is 0 Å². The molecule has 2 saturated heterocycles. The summed E-state index contributed by atoms with van der Waals surface area (Å²) in [5.41, 5.74) is 1.10. The number of hydrogen-bond acceptors (Lipinski definition) is 5. The first kappa shape index (κ1) is 21.8. The Labute approximate surface area is 171 Å². The Morgan fingerprint density at radius 2 is 1.54 bits per heavy atom. The molecule has 0 aliphatic carbocycles. The molecule has 0 spiro atoms. The van der Waals surface area contributed by atoms with Gasteiger partial charge in [-0.1, -0.05) is 32.9 Å². The molecular formula is C21H35BO5Si. The second kappa shape index (κ2) is 7.13. The molecule has 2 aliphatic heterocycles. The van der Waals surface area contributed by atoms with Gasteiger partial charge in [-0.25, -0.2) is 0 Å². The van der Waals surface area contributed by atoms with E-state index in [-0.39, 0.29) is 16.2 Å². The molecule has 0 amide bonds. The minimum atomic E-state index is -2.00. The summed E-state index contributed by atoms with van der Waals surface area (Å²) in [5.74, 6) is 0.832. The molecule has 0 N–H and O–H groups in total. The van der Waals surface area contributed by atoms with Gasteiger partial charge in [0.25, 0.3) is 0 Å². The molecule has 2 heterocycles. The molecule has 1 aromatic rings. The Hall–Kier alpha value is -0.858. The van der Waals surface area contributed by atoms with Gasteiger partial charge in [0.15, 0.2) is 6.29 Å². The van der Waals surface area contributed by atoms with Crippen LogP contribution in [0, 0.1) is 0 Å². The summed E-state index contributed by atoms with van der Waals surface area (Å²) in [7, 11) is -2.42. The second-order valence-electron chi connectivity index (χ2n) is 10.3. The topological polar surface area (TPSA) is 46.2 Å². The van der Waals surface area contributed by atoms with E-state index >= 15 is 0 Å². The quantitative estimate of drug-likeness (QED) is 0.693. The molecule has 28 heavy (non-hydrogen) atoms. The molecule has 0 saturated carbocycles. The molecule has 0 bridgehead atoms. The first-order valence-corrected chi connectivity index (χ1v) is 13.1. The molecule has 0 atom stereocenters. The first-order chi connectivity index (χ1) is 12.7. The van der Waals surface area contributed by atoms with Crippen molar-refractivity contribution in [3.63, 3.8) is 0 Å². The Balaban J connectivity index is 1.95. The zero-order valence-corrected chi connectivity index (χ0v) is 19.8. The number of benzene rings is 1. The van der Waals surface area contributed by atoms with Crippen LogP contribution in [0.4, 0.5) is 0 Å². The third-order valence-corrected chi connectivity index (χ3v) is 10.9. The Morgan fingerprint density at radius 3 is 2.04 bits per heavy atom. The van der Waals surface area contributed by atoms with E-state index in [2.05, 4.69) is 67.6 Å². The first-order valence-electron chi connectivity index (χ1n) is 10.2. The van der Waals surface area contributed by atoms with Crippen molar-refractivity contribution in [3.05, 3.63) is 23.8 Å². The normalized spacial score (nSPS) is 22.7. The highest BCUT2D eigenvalue weighted by atomic mass is 28.4. The van der Waals surface area contributed by atoms with Crippen LogP contribution >= 0.6 is 0 Å². The fraction of sp³-hybridized carbons (Fsp3) is 0.714. The summed E-state index contributed by atoms with van der Waals surface area (Å²) in [4.78, 5) is 0. The van der Waals surface area contributed by atoms with Gasteiger partial charge >= 0.3 is 7.12 Å². The van der Waals surface area contributed by atoms with Crippen LogP contribution in [0.2, 0.25) is 18.1 Å². The maximum atomic E-state index is 6.61. The lowest BCUT2D eigenvalue weighted by molar-refractivity contribution is -0.0450. The average Bonchev–Trinajstić information content (AvgIpc) is 3.13. The van der Waals surface area contributed by atoms with Gasteiger partial charge in [-0.05, 0) is 57.4 Å². The minimum Gasteiger partial charge on any atom is -0.543 e. The van der Waals surface area contributed by atoms with Crippen LogP contribution < -0.4 is 9.89 Å². The highest BCUT2D eigenvalue weighted by Crippen LogP contribution is 2.41. The summed E-state index contributed by atoms with van der Waals surface area (Å²) in [5, 5.41) is 0.103. The van der Waals surface area contributed by atoms with Crippen molar-refractivity contribution in [1.29, 1.82) is 0 Å². The van der Waals surface area contributed by atoms with E-state index in [1.54, 1.807) is 0 Å². The van der Waals surface area contributed by atoms with Crippen molar-refractivity contribution in [2.24, 2.45) is 0 Å². The zero-order chi connectivity index (χ0) is 21.0. The number of rotatable bonds is 4. The van der Waals surface area contributed by atoms with Gasteiger partial charge in [-0.15, -0.1) is 0 Å². The summed E-state index contributed by atoms with van der Waals surface area (Å²) in [6.07, 6.45) is -0.415. The van der Waals surface area contributed by atoms with Gasteiger partial charge in [-0.3, -0.25) is 0 Å². The van der Waals surface area contributed by atoms with E-state index < -0.39 is 21.7 Å². The van der Waals surface area contributed by atoms with Crippen LogP contribution in [-0.4, -0.2) is 39.9 Å². The average molecular weight is 406 g/mol. The highest BCUT2D eigenvalue weighted by Gasteiger charge is 2.52. The SMILES string of the molecule is CC1(C)OB(c2ccc(O[Si](C)(C)C(C)(C)C)c(C3OCCO3)c2)OC1(C)C. The van der Waals surface area contributed by atoms with Crippen LogP contribution in [0.1, 0.15) is 60.3 Å². The molecule has 0 radical (unpaired) electrons. The zero-order valence-electron chi connectivity index (χ0n) is 18.8. The standard InChI is InChI=1S/C21H35BO5Si/c1-19(2,3)28(8,9)25-17-11-10-15(14-16(17)18-23-12-13-24-18)22-26-20(4,5)21(6,7)27-22/h10-11,14,18H,12-13H2,1-9H3. The summed E-state index contributed by atoms with van der Waals surface area (Å²) >= 11 is 0. The maximum absolute atomic E-state index is 6.61. The van der Waals surface area contributed by atoms with Crippen molar-refractivity contribution in [2.75, 3.05) is 13.2 Å². The lowest BCUT2D eigenvalue weighted by Crippen LogP contribution is -2.44. The minimum absolute atomic E-state index is 0.103.